The topological polar surface area (TPSA) is 45.4 Å². The number of nitrogens with zero attached hydrogens (tertiary/aromatic N) is 1. The summed E-state index contributed by atoms with van der Waals surface area (Å²) in [4.78, 5) is 0. The van der Waals surface area contributed by atoms with E-state index in [0.29, 0.717) is 0 Å². The molecule has 2 aromatic rings. The molecular weight excluding hydrogens is 226 g/mol. The summed E-state index contributed by atoms with van der Waals surface area (Å²) in [5.74, 6) is 0.901. The van der Waals surface area contributed by atoms with Gasteiger partial charge in [-0.05, 0) is 18.6 Å². The highest BCUT2D eigenvalue weighted by molar-refractivity contribution is 5.62. The van der Waals surface area contributed by atoms with E-state index in [1.54, 1.807) is 0 Å². The van der Waals surface area contributed by atoms with E-state index in [0.717, 1.165) is 23.2 Å². The largest absolute Gasteiger partial charge is 0.494 e. The van der Waals surface area contributed by atoms with E-state index in [-0.39, 0.29) is 23.6 Å². The van der Waals surface area contributed by atoms with Gasteiger partial charge in [-0.15, -0.1) is 0 Å². The Morgan fingerprint density at radius 2 is 1.44 bits per heavy atom. The molecule has 0 aliphatic heterocycles. The third kappa shape index (κ3) is 1.04. The zero-order valence-corrected chi connectivity index (χ0v) is 9.74. The van der Waals surface area contributed by atoms with E-state index >= 15 is 0 Å². The van der Waals surface area contributed by atoms with Crippen molar-refractivity contribution >= 4 is 0 Å². The van der Waals surface area contributed by atoms with E-state index in [1.165, 1.54) is 4.57 Å². The molecule has 0 radical (unpaired) electrons. The summed E-state index contributed by atoms with van der Waals surface area (Å²) >= 11 is 0. The molecule has 1 aromatic heterocycles. The highest BCUT2D eigenvalue weighted by Crippen LogP contribution is 2.57. The molecule has 2 aliphatic rings. The molecule has 0 saturated heterocycles. The second-order valence-electron chi connectivity index (χ2n) is 4.98. The Morgan fingerprint density at radius 1 is 0.889 bits per heavy atom. The number of aromatic hydroxyl groups is 2. The zero-order valence-electron chi connectivity index (χ0n) is 9.74. The predicted molar refractivity (Wildman–Crippen MR) is 68.3 cm³/mol. The molecule has 18 heavy (non-hydrogen) atoms. The van der Waals surface area contributed by atoms with Crippen LogP contribution in [-0.2, 0) is 0 Å². The fourth-order valence-electron chi connectivity index (χ4n) is 3.26. The first-order valence-electron chi connectivity index (χ1n) is 6.17. The lowest BCUT2D eigenvalue weighted by molar-refractivity contribution is 0.395. The van der Waals surface area contributed by atoms with Crippen molar-refractivity contribution in [3.05, 3.63) is 53.6 Å². The van der Waals surface area contributed by atoms with Crippen LogP contribution in [0.4, 0.5) is 0 Å². The minimum Gasteiger partial charge on any atom is -0.494 e. The van der Waals surface area contributed by atoms with Crippen molar-refractivity contribution in [3.8, 4) is 17.4 Å². The third-order valence-corrected chi connectivity index (χ3v) is 4.04. The lowest BCUT2D eigenvalue weighted by Crippen LogP contribution is -1.94. The average Bonchev–Trinajstić information content (AvgIpc) is 3.05. The van der Waals surface area contributed by atoms with Gasteiger partial charge in [0.2, 0.25) is 11.8 Å². The van der Waals surface area contributed by atoms with Crippen LogP contribution in [-0.4, -0.2) is 14.8 Å². The van der Waals surface area contributed by atoms with Gasteiger partial charge < -0.3 is 10.2 Å². The molecular formula is C15H13NO2. The van der Waals surface area contributed by atoms with E-state index in [2.05, 4.69) is 12.2 Å². The van der Waals surface area contributed by atoms with Gasteiger partial charge in [0.15, 0.2) is 0 Å². The number of allylic oxidation sites excluding steroid dienone is 2. The Hall–Kier alpha value is -2.16. The van der Waals surface area contributed by atoms with Gasteiger partial charge in [0.25, 0.3) is 0 Å². The summed E-state index contributed by atoms with van der Waals surface area (Å²) in [5, 5.41) is 20.8. The number of fused-ring (bicyclic) bond motifs is 5. The standard InChI is InChI=1S/C15H13NO2/c17-14-12-9-6-7-10(8-9)13(12)15(18)16(14)11-4-2-1-3-5-11/h1-7,9-10,17-18H,8H2. The molecule has 1 heterocycles. The number of hydrogen-bond acceptors (Lipinski definition) is 2. The normalized spacial score (nSPS) is 23.6. The Bertz CT molecular complexity index is 619. The summed E-state index contributed by atoms with van der Waals surface area (Å²) in [7, 11) is 0. The molecule has 0 saturated carbocycles. The minimum atomic E-state index is 0.186. The lowest BCUT2D eigenvalue weighted by atomic mass is 10.0. The van der Waals surface area contributed by atoms with Crippen LogP contribution in [0.5, 0.6) is 11.8 Å². The van der Waals surface area contributed by atoms with Gasteiger partial charge >= 0.3 is 0 Å². The first-order chi connectivity index (χ1) is 8.77. The molecule has 2 bridgehead atoms. The van der Waals surface area contributed by atoms with Crippen LogP contribution in [0, 0.1) is 0 Å². The summed E-state index contributed by atoms with van der Waals surface area (Å²) in [6, 6.07) is 9.46. The number of hydrogen-bond donors (Lipinski definition) is 2. The van der Waals surface area contributed by atoms with E-state index in [9.17, 15) is 10.2 Å². The average molecular weight is 239 g/mol. The third-order valence-electron chi connectivity index (χ3n) is 4.04. The van der Waals surface area contributed by atoms with Crippen LogP contribution in [0.25, 0.3) is 5.69 Å². The maximum atomic E-state index is 10.4. The van der Waals surface area contributed by atoms with Crippen LogP contribution < -0.4 is 0 Å². The molecule has 4 rings (SSSR count). The van der Waals surface area contributed by atoms with Gasteiger partial charge in [-0.3, -0.25) is 4.57 Å². The Morgan fingerprint density at radius 3 is 2.00 bits per heavy atom. The maximum absolute atomic E-state index is 10.4. The number of para-hydroxylation sites is 1. The SMILES string of the molecule is Oc1c2c(c(O)n1-c1ccccc1)C1C=CC2C1. The van der Waals surface area contributed by atoms with E-state index < -0.39 is 0 Å². The molecule has 3 heteroatoms. The van der Waals surface area contributed by atoms with Crippen LogP contribution in [0.3, 0.4) is 0 Å². The van der Waals surface area contributed by atoms with E-state index in [4.69, 9.17) is 0 Å². The van der Waals surface area contributed by atoms with Crippen molar-refractivity contribution in [1.82, 2.24) is 4.57 Å². The highest BCUT2D eigenvalue weighted by atomic mass is 16.3. The van der Waals surface area contributed by atoms with Crippen molar-refractivity contribution in [1.29, 1.82) is 0 Å². The summed E-state index contributed by atoms with van der Waals surface area (Å²) in [6.45, 7) is 0. The van der Waals surface area contributed by atoms with Crippen molar-refractivity contribution in [3.63, 3.8) is 0 Å². The Labute approximate surface area is 105 Å². The van der Waals surface area contributed by atoms with Crippen LogP contribution in [0.2, 0.25) is 0 Å². The van der Waals surface area contributed by atoms with Crippen molar-refractivity contribution in [2.24, 2.45) is 0 Å². The molecule has 90 valence electrons. The fourth-order valence-corrected chi connectivity index (χ4v) is 3.26. The first-order valence-corrected chi connectivity index (χ1v) is 6.17. The summed E-state index contributed by atoms with van der Waals surface area (Å²) in [5.41, 5.74) is 2.61. The maximum Gasteiger partial charge on any atom is 0.202 e. The molecule has 2 unspecified atom stereocenters. The molecule has 2 N–H and O–H groups in total. The molecule has 2 atom stereocenters. The van der Waals surface area contributed by atoms with Crippen molar-refractivity contribution in [2.45, 2.75) is 18.3 Å². The Balaban J connectivity index is 1.98. The van der Waals surface area contributed by atoms with Gasteiger partial charge in [-0.25, -0.2) is 0 Å². The first kappa shape index (κ1) is 9.83. The molecule has 1 aromatic carbocycles. The van der Waals surface area contributed by atoms with Gasteiger partial charge in [0, 0.05) is 23.0 Å². The van der Waals surface area contributed by atoms with Gasteiger partial charge in [-0.2, -0.15) is 0 Å². The second kappa shape index (κ2) is 3.19. The minimum absolute atomic E-state index is 0.186. The van der Waals surface area contributed by atoms with Crippen LogP contribution in [0.1, 0.15) is 29.4 Å². The van der Waals surface area contributed by atoms with E-state index in [1.807, 2.05) is 30.3 Å². The van der Waals surface area contributed by atoms with Crippen LogP contribution >= 0.6 is 0 Å². The summed E-state index contributed by atoms with van der Waals surface area (Å²) < 4.78 is 1.54. The number of benzene rings is 1. The Kier molecular flexibility index (Phi) is 1.74. The summed E-state index contributed by atoms with van der Waals surface area (Å²) in [6.07, 6.45) is 5.24. The highest BCUT2D eigenvalue weighted by Gasteiger charge is 2.41. The molecule has 0 fully saturated rings. The zero-order chi connectivity index (χ0) is 12.3. The fraction of sp³-hybridized carbons (Fsp3) is 0.200. The lowest BCUT2D eigenvalue weighted by Gasteiger charge is -2.09. The van der Waals surface area contributed by atoms with Crippen molar-refractivity contribution < 1.29 is 10.2 Å². The smallest absolute Gasteiger partial charge is 0.202 e. The molecule has 0 amide bonds. The van der Waals surface area contributed by atoms with Gasteiger partial charge in [0.05, 0.1) is 5.69 Å². The molecule has 3 nitrogen and oxygen atoms in total. The number of rotatable bonds is 1. The number of aromatic nitrogens is 1. The predicted octanol–water partition coefficient (Wildman–Crippen LogP) is 3.03. The van der Waals surface area contributed by atoms with Gasteiger partial charge in [-0.1, -0.05) is 30.4 Å². The quantitative estimate of drug-likeness (QED) is 0.751. The van der Waals surface area contributed by atoms with Crippen molar-refractivity contribution in [2.75, 3.05) is 0 Å². The second-order valence-corrected chi connectivity index (χ2v) is 4.98. The van der Waals surface area contributed by atoms with Crippen LogP contribution in [0.15, 0.2) is 42.5 Å². The monoisotopic (exact) mass is 239 g/mol. The molecule has 2 aliphatic carbocycles. The van der Waals surface area contributed by atoms with Gasteiger partial charge in [0.1, 0.15) is 0 Å². The molecule has 0 spiro atoms.